The molecular weight excluding hydrogens is 271 g/mol. The number of hydrogen-bond acceptors (Lipinski definition) is 1. The van der Waals surface area contributed by atoms with E-state index in [9.17, 15) is 13.2 Å². The molecule has 0 bridgehead atoms. The molecule has 84 valence electrons. The van der Waals surface area contributed by atoms with Crippen molar-refractivity contribution in [3.05, 3.63) is 33.8 Å². The summed E-state index contributed by atoms with van der Waals surface area (Å²) in [4.78, 5) is 0. The average molecular weight is 282 g/mol. The summed E-state index contributed by atoms with van der Waals surface area (Å²) in [5.74, 6) is 0. The Bertz CT molecular complexity index is 366. The fraction of sp³-hybridized carbons (Fsp3) is 0.400. The lowest BCUT2D eigenvalue weighted by Gasteiger charge is -2.25. The number of hydrogen-bond donors (Lipinski definition) is 1. The molecule has 0 atom stereocenters. The van der Waals surface area contributed by atoms with Gasteiger partial charge in [-0.05, 0) is 31.5 Å². The van der Waals surface area contributed by atoms with Crippen LogP contribution in [0.1, 0.15) is 25.0 Å². The number of benzene rings is 1. The van der Waals surface area contributed by atoms with E-state index in [1.165, 1.54) is 6.07 Å². The van der Waals surface area contributed by atoms with E-state index < -0.39 is 17.3 Å². The first-order chi connectivity index (χ1) is 6.64. The van der Waals surface area contributed by atoms with Crippen molar-refractivity contribution in [3.63, 3.8) is 0 Å². The van der Waals surface area contributed by atoms with E-state index in [-0.39, 0.29) is 5.56 Å². The maximum atomic E-state index is 12.7. The predicted octanol–water partition coefficient (Wildman–Crippen LogP) is 3.66. The average Bonchev–Trinajstić information content (AvgIpc) is 1.99. The molecule has 1 aromatic rings. The highest BCUT2D eigenvalue weighted by molar-refractivity contribution is 9.10. The molecule has 0 radical (unpaired) electrons. The summed E-state index contributed by atoms with van der Waals surface area (Å²) in [5, 5.41) is 0. The maximum absolute atomic E-state index is 12.7. The van der Waals surface area contributed by atoms with Gasteiger partial charge in [0.25, 0.3) is 0 Å². The second kappa shape index (κ2) is 3.79. The van der Waals surface area contributed by atoms with E-state index in [0.717, 1.165) is 6.07 Å². The zero-order chi connectivity index (χ0) is 11.9. The van der Waals surface area contributed by atoms with E-state index in [1.807, 2.05) is 0 Å². The molecule has 1 rings (SSSR count). The topological polar surface area (TPSA) is 26.0 Å². The summed E-state index contributed by atoms with van der Waals surface area (Å²) in [5.41, 5.74) is 4.08. The van der Waals surface area contributed by atoms with Crippen LogP contribution in [0.2, 0.25) is 0 Å². The van der Waals surface area contributed by atoms with Crippen molar-refractivity contribution < 1.29 is 13.2 Å². The van der Waals surface area contributed by atoms with Gasteiger partial charge >= 0.3 is 6.18 Å². The van der Waals surface area contributed by atoms with Crippen molar-refractivity contribution >= 4 is 15.9 Å². The number of halogens is 4. The monoisotopic (exact) mass is 281 g/mol. The van der Waals surface area contributed by atoms with Gasteiger partial charge in [-0.1, -0.05) is 22.0 Å². The molecule has 0 aromatic heterocycles. The van der Waals surface area contributed by atoms with Crippen LogP contribution < -0.4 is 5.73 Å². The standard InChI is InChI=1S/C10H11BrF3N/c1-9(2,15)8-6(10(12,13)14)4-3-5-7(8)11/h3-5H,15H2,1-2H3. The first-order valence-corrected chi connectivity index (χ1v) is 5.08. The smallest absolute Gasteiger partial charge is 0.322 e. The van der Waals surface area contributed by atoms with Crippen LogP contribution in [-0.2, 0) is 11.7 Å². The minimum Gasteiger partial charge on any atom is -0.322 e. The Balaban J connectivity index is 3.48. The lowest BCUT2D eigenvalue weighted by atomic mass is 9.91. The summed E-state index contributed by atoms with van der Waals surface area (Å²) in [7, 11) is 0. The Labute approximate surface area is 94.6 Å². The van der Waals surface area contributed by atoms with Gasteiger partial charge in [0.1, 0.15) is 0 Å². The zero-order valence-electron chi connectivity index (χ0n) is 8.32. The van der Waals surface area contributed by atoms with Crippen molar-refractivity contribution in [1.29, 1.82) is 0 Å². The molecule has 0 aliphatic heterocycles. The summed E-state index contributed by atoms with van der Waals surface area (Å²) >= 11 is 3.10. The van der Waals surface area contributed by atoms with Gasteiger partial charge in [0.2, 0.25) is 0 Å². The van der Waals surface area contributed by atoms with Gasteiger partial charge in [0, 0.05) is 10.0 Å². The fourth-order valence-electron chi connectivity index (χ4n) is 1.42. The van der Waals surface area contributed by atoms with Crippen molar-refractivity contribution in [3.8, 4) is 0 Å². The molecule has 2 N–H and O–H groups in total. The first-order valence-electron chi connectivity index (χ1n) is 4.29. The molecule has 0 fully saturated rings. The molecule has 0 aliphatic rings. The van der Waals surface area contributed by atoms with E-state index in [4.69, 9.17) is 5.73 Å². The molecule has 15 heavy (non-hydrogen) atoms. The van der Waals surface area contributed by atoms with Gasteiger partial charge in [-0.25, -0.2) is 0 Å². The molecule has 1 aromatic carbocycles. The second-order valence-corrected chi connectivity index (χ2v) is 4.74. The van der Waals surface area contributed by atoms with Gasteiger partial charge in [0.15, 0.2) is 0 Å². The van der Waals surface area contributed by atoms with Gasteiger partial charge in [-0.15, -0.1) is 0 Å². The van der Waals surface area contributed by atoms with Crippen LogP contribution in [0.25, 0.3) is 0 Å². The minimum absolute atomic E-state index is 0.0810. The number of alkyl halides is 3. The van der Waals surface area contributed by atoms with Crippen LogP contribution in [0.4, 0.5) is 13.2 Å². The van der Waals surface area contributed by atoms with Crippen LogP contribution in [0.15, 0.2) is 22.7 Å². The quantitative estimate of drug-likeness (QED) is 0.835. The Morgan fingerprint density at radius 3 is 2.07 bits per heavy atom. The molecule has 0 saturated carbocycles. The summed E-state index contributed by atoms with van der Waals surface area (Å²) < 4.78 is 38.4. The van der Waals surface area contributed by atoms with Crippen LogP contribution in [0, 0.1) is 0 Å². The summed E-state index contributed by atoms with van der Waals surface area (Å²) in [6.07, 6.45) is -4.38. The third-order valence-corrected chi connectivity index (χ3v) is 2.62. The largest absolute Gasteiger partial charge is 0.416 e. The van der Waals surface area contributed by atoms with Gasteiger partial charge in [-0.2, -0.15) is 13.2 Å². The third kappa shape index (κ3) is 2.72. The normalized spacial score (nSPS) is 13.0. The van der Waals surface area contributed by atoms with E-state index in [1.54, 1.807) is 19.9 Å². The van der Waals surface area contributed by atoms with Crippen molar-refractivity contribution in [2.24, 2.45) is 5.73 Å². The minimum atomic E-state index is -4.38. The molecule has 0 unspecified atom stereocenters. The lowest BCUT2D eigenvalue weighted by Crippen LogP contribution is -2.32. The molecule has 5 heteroatoms. The predicted molar refractivity (Wildman–Crippen MR) is 56.4 cm³/mol. The molecule has 1 nitrogen and oxygen atoms in total. The van der Waals surface area contributed by atoms with Crippen molar-refractivity contribution in [1.82, 2.24) is 0 Å². The molecular formula is C10H11BrF3N. The Hall–Kier alpha value is -0.550. The van der Waals surface area contributed by atoms with Crippen LogP contribution in [-0.4, -0.2) is 0 Å². The van der Waals surface area contributed by atoms with E-state index in [0.29, 0.717) is 4.47 Å². The maximum Gasteiger partial charge on any atom is 0.416 e. The highest BCUT2D eigenvalue weighted by Gasteiger charge is 2.37. The highest BCUT2D eigenvalue weighted by atomic mass is 79.9. The van der Waals surface area contributed by atoms with Gasteiger partial charge in [-0.3, -0.25) is 0 Å². The Morgan fingerprint density at radius 2 is 1.73 bits per heavy atom. The second-order valence-electron chi connectivity index (χ2n) is 3.88. The summed E-state index contributed by atoms with van der Waals surface area (Å²) in [6.45, 7) is 3.09. The fourth-order valence-corrected chi connectivity index (χ4v) is 2.29. The zero-order valence-corrected chi connectivity index (χ0v) is 9.91. The SMILES string of the molecule is CC(C)(N)c1c(Br)cccc1C(F)(F)F. The third-order valence-electron chi connectivity index (χ3n) is 1.96. The van der Waals surface area contributed by atoms with Crippen LogP contribution in [0.3, 0.4) is 0 Å². The molecule has 0 heterocycles. The van der Waals surface area contributed by atoms with Gasteiger partial charge < -0.3 is 5.73 Å². The van der Waals surface area contributed by atoms with E-state index >= 15 is 0 Å². The Kier molecular flexibility index (Phi) is 3.16. The number of rotatable bonds is 1. The summed E-state index contributed by atoms with van der Waals surface area (Å²) in [6, 6.07) is 3.94. The van der Waals surface area contributed by atoms with Gasteiger partial charge in [0.05, 0.1) is 5.56 Å². The van der Waals surface area contributed by atoms with Crippen molar-refractivity contribution in [2.45, 2.75) is 25.6 Å². The highest BCUT2D eigenvalue weighted by Crippen LogP contribution is 2.39. The number of nitrogens with two attached hydrogens (primary N) is 1. The molecule has 0 amide bonds. The molecule has 0 spiro atoms. The van der Waals surface area contributed by atoms with Crippen LogP contribution in [0.5, 0.6) is 0 Å². The first kappa shape index (κ1) is 12.5. The lowest BCUT2D eigenvalue weighted by molar-refractivity contribution is -0.138. The van der Waals surface area contributed by atoms with Crippen LogP contribution >= 0.6 is 15.9 Å². The van der Waals surface area contributed by atoms with E-state index in [2.05, 4.69) is 15.9 Å². The molecule has 0 aliphatic carbocycles. The molecule has 0 saturated heterocycles. The Morgan fingerprint density at radius 1 is 1.20 bits per heavy atom. The van der Waals surface area contributed by atoms with Crippen molar-refractivity contribution in [2.75, 3.05) is 0 Å².